The molecule has 0 fully saturated rings. The molecular weight excluding hydrogens is 286 g/mol. The topological polar surface area (TPSA) is 59.4 Å². The van der Waals surface area contributed by atoms with E-state index in [9.17, 15) is 0 Å². The number of nitrogens with zero attached hydrogens (tertiary/aromatic N) is 4. The van der Waals surface area contributed by atoms with Gasteiger partial charge in [-0.15, -0.1) is 0 Å². The van der Waals surface area contributed by atoms with E-state index < -0.39 is 0 Å². The number of unbranched alkanes of at least 4 members (excludes halogenated alkanes) is 1. The van der Waals surface area contributed by atoms with Crippen LogP contribution in [0.4, 0.5) is 0 Å². The van der Waals surface area contributed by atoms with Gasteiger partial charge in [0, 0.05) is 30.7 Å². The van der Waals surface area contributed by atoms with E-state index in [4.69, 9.17) is 0 Å². The van der Waals surface area contributed by atoms with Gasteiger partial charge in [-0.05, 0) is 31.9 Å². The van der Waals surface area contributed by atoms with E-state index in [1.54, 1.807) is 0 Å². The van der Waals surface area contributed by atoms with Crippen LogP contribution in [0.15, 0.2) is 36.9 Å². The maximum absolute atomic E-state index is 4.52. The fourth-order valence-corrected chi connectivity index (χ4v) is 2.67. The van der Waals surface area contributed by atoms with E-state index in [-0.39, 0.29) is 6.04 Å². The Hall–Kier alpha value is -2.43. The molecule has 1 N–H and O–H groups in total. The normalized spacial score (nSPS) is 12.5. The van der Waals surface area contributed by atoms with Crippen LogP contribution in [0.5, 0.6) is 0 Å². The van der Waals surface area contributed by atoms with Crippen LogP contribution in [0, 0.1) is 6.92 Å². The maximum atomic E-state index is 4.52. The van der Waals surface area contributed by atoms with Crippen LogP contribution in [-0.4, -0.2) is 24.5 Å². The van der Waals surface area contributed by atoms with Crippen LogP contribution in [0.25, 0.3) is 11.5 Å². The summed E-state index contributed by atoms with van der Waals surface area (Å²) in [5.74, 6) is 1.94. The summed E-state index contributed by atoms with van der Waals surface area (Å²) in [6.07, 6.45) is 10.9. The molecule has 0 spiro atoms. The van der Waals surface area contributed by atoms with E-state index in [1.807, 2.05) is 37.8 Å². The van der Waals surface area contributed by atoms with Crippen molar-refractivity contribution in [1.29, 1.82) is 0 Å². The third-order valence-electron chi connectivity index (χ3n) is 4.14. The first-order chi connectivity index (χ1) is 11.2. The predicted molar refractivity (Wildman–Crippen MR) is 91.2 cm³/mol. The van der Waals surface area contributed by atoms with Crippen LogP contribution in [0.2, 0.25) is 0 Å². The zero-order valence-corrected chi connectivity index (χ0v) is 14.0. The van der Waals surface area contributed by atoms with Crippen molar-refractivity contribution < 1.29 is 0 Å². The minimum Gasteiger partial charge on any atom is -0.339 e. The van der Waals surface area contributed by atoms with Crippen LogP contribution >= 0.6 is 0 Å². The van der Waals surface area contributed by atoms with Crippen molar-refractivity contribution >= 4 is 0 Å². The van der Waals surface area contributed by atoms with Gasteiger partial charge in [-0.25, -0.2) is 9.97 Å². The molecule has 3 rings (SSSR count). The molecule has 0 saturated carbocycles. The average Bonchev–Trinajstić information content (AvgIpc) is 3.21. The Balaban J connectivity index is 1.87. The number of aromatic nitrogens is 5. The minimum atomic E-state index is 0.169. The molecule has 5 nitrogen and oxygen atoms in total. The fourth-order valence-electron chi connectivity index (χ4n) is 2.67. The van der Waals surface area contributed by atoms with Gasteiger partial charge in [-0.3, -0.25) is 4.98 Å². The molecule has 0 unspecified atom stereocenters. The van der Waals surface area contributed by atoms with Crippen LogP contribution in [0.1, 0.15) is 49.8 Å². The van der Waals surface area contributed by atoms with Crippen LogP contribution < -0.4 is 0 Å². The SMILES string of the molecule is CCCCc1ncc(-c2nccn2[C@@H](C)c2ccc(C)nc2)[nH]1. The third-order valence-corrected chi connectivity index (χ3v) is 4.14. The van der Waals surface area contributed by atoms with E-state index >= 15 is 0 Å². The van der Waals surface area contributed by atoms with Crippen LogP contribution in [-0.2, 0) is 6.42 Å². The highest BCUT2D eigenvalue weighted by Crippen LogP contribution is 2.24. The van der Waals surface area contributed by atoms with Gasteiger partial charge >= 0.3 is 0 Å². The van der Waals surface area contributed by atoms with Gasteiger partial charge in [0.25, 0.3) is 0 Å². The molecule has 0 radical (unpaired) electrons. The number of aryl methyl sites for hydroxylation is 2. The molecule has 1 atom stereocenters. The van der Waals surface area contributed by atoms with Crippen molar-refractivity contribution in [3.8, 4) is 11.5 Å². The average molecular weight is 309 g/mol. The molecule has 0 aliphatic rings. The number of rotatable bonds is 6. The van der Waals surface area contributed by atoms with Gasteiger partial charge in [-0.1, -0.05) is 19.4 Å². The third kappa shape index (κ3) is 3.33. The lowest BCUT2D eigenvalue weighted by atomic mass is 10.1. The zero-order chi connectivity index (χ0) is 16.2. The lowest BCUT2D eigenvalue weighted by molar-refractivity contribution is 0.641. The van der Waals surface area contributed by atoms with Gasteiger partial charge in [0.2, 0.25) is 0 Å². The van der Waals surface area contributed by atoms with Gasteiger partial charge < -0.3 is 9.55 Å². The van der Waals surface area contributed by atoms with Gasteiger partial charge in [0.15, 0.2) is 5.82 Å². The summed E-state index contributed by atoms with van der Waals surface area (Å²) in [4.78, 5) is 16.8. The standard InChI is InChI=1S/C18H23N5/c1-4-5-6-17-21-12-16(22-17)18-19-9-10-23(18)14(3)15-8-7-13(2)20-11-15/h7-12,14H,4-6H2,1-3H3,(H,21,22)/t14-/m0/s1. The molecule has 0 aromatic carbocycles. The molecule has 5 heteroatoms. The smallest absolute Gasteiger partial charge is 0.158 e. The summed E-state index contributed by atoms with van der Waals surface area (Å²) in [5, 5.41) is 0. The first-order valence-electron chi connectivity index (χ1n) is 8.18. The number of hydrogen-bond donors (Lipinski definition) is 1. The number of aromatic amines is 1. The molecule has 0 bridgehead atoms. The second kappa shape index (κ2) is 6.77. The highest BCUT2D eigenvalue weighted by molar-refractivity contribution is 5.49. The Morgan fingerprint density at radius 2 is 2.04 bits per heavy atom. The molecule has 0 aliphatic heterocycles. The molecule has 3 aromatic rings. The maximum Gasteiger partial charge on any atom is 0.158 e. The van der Waals surface area contributed by atoms with E-state index in [0.29, 0.717) is 0 Å². The Kier molecular flexibility index (Phi) is 4.55. The van der Waals surface area contributed by atoms with Crippen molar-refractivity contribution in [3.05, 3.63) is 54.0 Å². The number of pyridine rings is 1. The summed E-state index contributed by atoms with van der Waals surface area (Å²) in [6.45, 7) is 6.35. The lowest BCUT2D eigenvalue weighted by Gasteiger charge is -2.16. The van der Waals surface area contributed by atoms with Crippen molar-refractivity contribution in [2.45, 2.75) is 46.1 Å². The van der Waals surface area contributed by atoms with E-state index in [0.717, 1.165) is 35.9 Å². The molecule has 23 heavy (non-hydrogen) atoms. The molecule has 0 saturated heterocycles. The Bertz CT molecular complexity index is 754. The highest BCUT2D eigenvalue weighted by atomic mass is 15.1. The highest BCUT2D eigenvalue weighted by Gasteiger charge is 2.15. The summed E-state index contributed by atoms with van der Waals surface area (Å²) in [5.41, 5.74) is 3.16. The number of hydrogen-bond acceptors (Lipinski definition) is 3. The zero-order valence-electron chi connectivity index (χ0n) is 14.0. The summed E-state index contributed by atoms with van der Waals surface area (Å²) in [7, 11) is 0. The number of nitrogens with one attached hydrogen (secondary N) is 1. The van der Waals surface area contributed by atoms with E-state index in [1.165, 1.54) is 12.0 Å². The first-order valence-corrected chi connectivity index (χ1v) is 8.18. The van der Waals surface area contributed by atoms with E-state index in [2.05, 4.69) is 44.4 Å². The quantitative estimate of drug-likeness (QED) is 0.750. The molecule has 0 aliphatic carbocycles. The summed E-state index contributed by atoms with van der Waals surface area (Å²) >= 11 is 0. The number of imidazole rings is 2. The Morgan fingerprint density at radius 3 is 2.78 bits per heavy atom. The Labute approximate surface area is 136 Å². The van der Waals surface area contributed by atoms with Gasteiger partial charge in [0.1, 0.15) is 11.5 Å². The molecule has 0 amide bonds. The lowest BCUT2D eigenvalue weighted by Crippen LogP contribution is -2.08. The minimum absolute atomic E-state index is 0.169. The molecule has 3 aromatic heterocycles. The van der Waals surface area contributed by atoms with Crippen LogP contribution in [0.3, 0.4) is 0 Å². The fraction of sp³-hybridized carbons (Fsp3) is 0.389. The van der Waals surface area contributed by atoms with Crippen molar-refractivity contribution in [2.75, 3.05) is 0 Å². The second-order valence-corrected chi connectivity index (χ2v) is 5.91. The number of H-pyrrole nitrogens is 1. The summed E-state index contributed by atoms with van der Waals surface area (Å²) < 4.78 is 2.16. The Morgan fingerprint density at radius 1 is 1.17 bits per heavy atom. The molecular formula is C18H23N5. The monoisotopic (exact) mass is 309 g/mol. The first kappa shape index (κ1) is 15.5. The summed E-state index contributed by atoms with van der Waals surface area (Å²) in [6, 6.07) is 4.33. The van der Waals surface area contributed by atoms with Crippen molar-refractivity contribution in [2.24, 2.45) is 0 Å². The largest absolute Gasteiger partial charge is 0.339 e. The van der Waals surface area contributed by atoms with Gasteiger partial charge in [-0.2, -0.15) is 0 Å². The molecule has 3 heterocycles. The molecule has 120 valence electrons. The van der Waals surface area contributed by atoms with Gasteiger partial charge in [0.05, 0.1) is 12.2 Å². The predicted octanol–water partition coefficient (Wildman–Crippen LogP) is 3.93. The second-order valence-electron chi connectivity index (χ2n) is 5.91. The van der Waals surface area contributed by atoms with Crippen molar-refractivity contribution in [1.82, 2.24) is 24.5 Å². The van der Waals surface area contributed by atoms with Crippen molar-refractivity contribution in [3.63, 3.8) is 0 Å².